The normalized spacial score (nSPS) is 10.8. The van der Waals surface area contributed by atoms with Gasteiger partial charge in [0.05, 0.1) is 6.54 Å². The van der Waals surface area contributed by atoms with Gasteiger partial charge in [-0.25, -0.2) is 9.07 Å². The van der Waals surface area contributed by atoms with E-state index in [-0.39, 0.29) is 5.82 Å². The molecular formula is C9H5Br3FN3. The van der Waals surface area contributed by atoms with Crippen LogP contribution in [-0.4, -0.2) is 14.8 Å². The van der Waals surface area contributed by atoms with Gasteiger partial charge in [0.1, 0.15) is 5.82 Å². The SMILES string of the molecule is Fc1ccc(Br)c(Cn2nc(Br)nc2Br)c1. The standard InChI is InChI=1S/C9H5Br3FN3/c10-7-2-1-6(13)3-5(7)4-16-9(12)14-8(11)15-16/h1-3H,4H2. The van der Waals surface area contributed by atoms with Gasteiger partial charge in [0.2, 0.25) is 4.73 Å². The van der Waals surface area contributed by atoms with Crippen molar-refractivity contribution < 1.29 is 4.39 Å². The van der Waals surface area contributed by atoms with Crippen molar-refractivity contribution in [2.24, 2.45) is 0 Å². The van der Waals surface area contributed by atoms with Gasteiger partial charge in [-0.1, -0.05) is 15.9 Å². The van der Waals surface area contributed by atoms with Crippen LogP contribution in [0.4, 0.5) is 4.39 Å². The van der Waals surface area contributed by atoms with Gasteiger partial charge in [-0.15, -0.1) is 5.10 Å². The van der Waals surface area contributed by atoms with Crippen LogP contribution in [0, 0.1) is 5.82 Å². The molecule has 0 aliphatic heterocycles. The van der Waals surface area contributed by atoms with Crippen molar-refractivity contribution in [1.82, 2.24) is 14.8 Å². The number of halogens is 4. The third-order valence-electron chi connectivity index (χ3n) is 1.93. The lowest BCUT2D eigenvalue weighted by atomic mass is 10.2. The van der Waals surface area contributed by atoms with Crippen LogP contribution in [-0.2, 0) is 6.54 Å². The fourth-order valence-corrected chi connectivity index (χ4v) is 2.57. The number of rotatable bonds is 2. The Morgan fingerprint density at radius 1 is 1.25 bits per heavy atom. The Morgan fingerprint density at radius 3 is 2.62 bits per heavy atom. The van der Waals surface area contributed by atoms with Crippen LogP contribution in [0.2, 0.25) is 0 Å². The van der Waals surface area contributed by atoms with Crippen molar-refractivity contribution >= 4 is 47.8 Å². The van der Waals surface area contributed by atoms with Crippen molar-refractivity contribution in [3.63, 3.8) is 0 Å². The lowest BCUT2D eigenvalue weighted by Crippen LogP contribution is -2.03. The summed E-state index contributed by atoms with van der Waals surface area (Å²) in [4.78, 5) is 4.04. The highest BCUT2D eigenvalue weighted by atomic mass is 79.9. The van der Waals surface area contributed by atoms with E-state index in [4.69, 9.17) is 0 Å². The average molecular weight is 414 g/mol. The molecule has 0 spiro atoms. The van der Waals surface area contributed by atoms with Crippen LogP contribution in [0.25, 0.3) is 0 Å². The van der Waals surface area contributed by atoms with Crippen molar-refractivity contribution in [1.29, 1.82) is 0 Å². The summed E-state index contributed by atoms with van der Waals surface area (Å²) in [5, 5.41) is 4.11. The van der Waals surface area contributed by atoms with E-state index >= 15 is 0 Å². The second-order valence-corrected chi connectivity index (χ2v) is 5.32. The van der Waals surface area contributed by atoms with Gasteiger partial charge >= 0.3 is 0 Å². The Morgan fingerprint density at radius 2 is 2.00 bits per heavy atom. The van der Waals surface area contributed by atoms with Crippen LogP contribution in [0.1, 0.15) is 5.56 Å². The van der Waals surface area contributed by atoms with Crippen LogP contribution < -0.4 is 0 Å². The highest BCUT2D eigenvalue weighted by Gasteiger charge is 2.08. The predicted molar refractivity (Wildman–Crippen MR) is 68.6 cm³/mol. The van der Waals surface area contributed by atoms with Gasteiger partial charge in [0.15, 0.2) is 4.73 Å². The van der Waals surface area contributed by atoms with E-state index in [1.807, 2.05) is 0 Å². The maximum Gasteiger partial charge on any atom is 0.218 e. The highest BCUT2D eigenvalue weighted by molar-refractivity contribution is 9.11. The zero-order valence-corrected chi connectivity index (χ0v) is 12.6. The molecule has 0 bridgehead atoms. The van der Waals surface area contributed by atoms with E-state index in [1.165, 1.54) is 12.1 Å². The molecular weight excluding hydrogens is 409 g/mol. The van der Waals surface area contributed by atoms with Gasteiger partial charge in [-0.05, 0) is 55.6 Å². The second-order valence-electron chi connectivity index (χ2n) is 3.04. The van der Waals surface area contributed by atoms with Crippen LogP contribution in [0.5, 0.6) is 0 Å². The monoisotopic (exact) mass is 411 g/mol. The fourth-order valence-electron chi connectivity index (χ4n) is 1.22. The van der Waals surface area contributed by atoms with E-state index < -0.39 is 0 Å². The molecule has 1 aromatic heterocycles. The zero-order valence-electron chi connectivity index (χ0n) is 7.79. The predicted octanol–water partition coefficient (Wildman–Crippen LogP) is 3.75. The highest BCUT2D eigenvalue weighted by Crippen LogP contribution is 2.20. The van der Waals surface area contributed by atoms with Crippen molar-refractivity contribution in [3.8, 4) is 0 Å². The van der Waals surface area contributed by atoms with Gasteiger partial charge < -0.3 is 0 Å². The average Bonchev–Trinajstić information content (AvgIpc) is 2.51. The number of hydrogen-bond donors (Lipinski definition) is 0. The fraction of sp³-hybridized carbons (Fsp3) is 0.111. The smallest absolute Gasteiger partial charge is 0.218 e. The summed E-state index contributed by atoms with van der Waals surface area (Å²) in [6.45, 7) is 0.442. The number of hydrogen-bond acceptors (Lipinski definition) is 2. The molecule has 0 saturated carbocycles. The molecule has 0 aliphatic rings. The molecule has 84 valence electrons. The van der Waals surface area contributed by atoms with Crippen molar-refractivity contribution in [2.75, 3.05) is 0 Å². The maximum absolute atomic E-state index is 13.1. The molecule has 0 atom stereocenters. The zero-order chi connectivity index (χ0) is 11.7. The molecule has 0 N–H and O–H groups in total. The Balaban J connectivity index is 2.33. The molecule has 1 heterocycles. The van der Waals surface area contributed by atoms with Crippen molar-refractivity contribution in [3.05, 3.63) is 43.5 Å². The molecule has 16 heavy (non-hydrogen) atoms. The summed E-state index contributed by atoms with van der Waals surface area (Å²) in [6.07, 6.45) is 0. The minimum absolute atomic E-state index is 0.270. The van der Waals surface area contributed by atoms with Gasteiger partial charge in [0.25, 0.3) is 0 Å². The molecule has 7 heteroatoms. The molecule has 0 fully saturated rings. The number of nitrogens with zero attached hydrogens (tertiary/aromatic N) is 3. The van der Waals surface area contributed by atoms with E-state index in [0.29, 0.717) is 16.0 Å². The molecule has 1 aromatic carbocycles. The first-order valence-electron chi connectivity index (χ1n) is 4.26. The van der Waals surface area contributed by atoms with Gasteiger partial charge in [-0.2, -0.15) is 4.98 Å². The summed E-state index contributed by atoms with van der Waals surface area (Å²) in [5.41, 5.74) is 0.804. The first-order chi connectivity index (χ1) is 7.56. The van der Waals surface area contributed by atoms with Crippen LogP contribution >= 0.6 is 47.8 Å². The maximum atomic E-state index is 13.1. The van der Waals surface area contributed by atoms with E-state index in [9.17, 15) is 4.39 Å². The summed E-state index contributed by atoms with van der Waals surface area (Å²) >= 11 is 9.80. The molecule has 0 radical (unpaired) electrons. The molecule has 0 unspecified atom stereocenters. The molecule has 2 rings (SSSR count). The summed E-state index contributed by atoms with van der Waals surface area (Å²) in [6, 6.07) is 4.54. The Kier molecular flexibility index (Phi) is 3.76. The van der Waals surface area contributed by atoms with E-state index in [2.05, 4.69) is 57.9 Å². The Bertz CT molecular complexity index is 527. The first kappa shape index (κ1) is 12.2. The van der Waals surface area contributed by atoms with E-state index in [0.717, 1.165) is 10.0 Å². The molecule has 0 saturated heterocycles. The number of benzene rings is 1. The van der Waals surface area contributed by atoms with E-state index in [1.54, 1.807) is 10.7 Å². The van der Waals surface area contributed by atoms with Crippen LogP contribution in [0.3, 0.4) is 0 Å². The number of aromatic nitrogens is 3. The minimum atomic E-state index is -0.270. The molecule has 2 aromatic rings. The van der Waals surface area contributed by atoms with Crippen molar-refractivity contribution in [2.45, 2.75) is 6.54 Å². The third kappa shape index (κ3) is 2.70. The lowest BCUT2D eigenvalue weighted by molar-refractivity contribution is 0.615. The molecule has 3 nitrogen and oxygen atoms in total. The lowest BCUT2D eigenvalue weighted by Gasteiger charge is -2.05. The Hall–Kier alpha value is -0.270. The second kappa shape index (κ2) is 4.93. The first-order valence-corrected chi connectivity index (χ1v) is 6.64. The summed E-state index contributed by atoms with van der Waals surface area (Å²) in [7, 11) is 0. The molecule has 0 aliphatic carbocycles. The summed E-state index contributed by atoms with van der Waals surface area (Å²) < 4.78 is 16.6. The third-order valence-corrected chi connectivity index (χ3v) is 3.62. The Labute approximate surface area is 116 Å². The quantitative estimate of drug-likeness (QED) is 0.750. The van der Waals surface area contributed by atoms with Gasteiger partial charge in [-0.3, -0.25) is 0 Å². The topological polar surface area (TPSA) is 30.7 Å². The van der Waals surface area contributed by atoms with Crippen LogP contribution in [0.15, 0.2) is 32.1 Å². The van der Waals surface area contributed by atoms with Gasteiger partial charge in [0, 0.05) is 4.47 Å². The largest absolute Gasteiger partial charge is 0.235 e. The minimum Gasteiger partial charge on any atom is -0.235 e. The summed E-state index contributed by atoms with van der Waals surface area (Å²) in [5.74, 6) is -0.270. The molecule has 0 amide bonds.